The van der Waals surface area contributed by atoms with Crippen molar-refractivity contribution >= 4 is 12.6 Å². The molecule has 1 aliphatic heterocycles. The molecule has 0 amide bonds. The molecule has 0 aliphatic carbocycles. The van der Waals surface area contributed by atoms with Gasteiger partial charge in [-0.2, -0.15) is 12.6 Å². The molecule has 0 bridgehead atoms. The molecule has 46 valence electrons. The summed E-state index contributed by atoms with van der Waals surface area (Å²) < 4.78 is 0. The van der Waals surface area contributed by atoms with Gasteiger partial charge < -0.3 is 0 Å². The van der Waals surface area contributed by atoms with Crippen LogP contribution in [0, 0.1) is 0 Å². The molecule has 0 spiro atoms. The monoisotopic (exact) mass is 129 g/mol. The standard InChI is InChI=1S/C6H11NS/c1-6(8)4-2-3-5-7-6/h2-3,7-8H,4-5H2,1H3. The lowest BCUT2D eigenvalue weighted by molar-refractivity contribution is 0.524. The highest BCUT2D eigenvalue weighted by atomic mass is 32.1. The SMILES string of the molecule is CC1(S)CC=CCN1. The number of nitrogens with one attached hydrogen (secondary N) is 1. The average molecular weight is 129 g/mol. The van der Waals surface area contributed by atoms with Gasteiger partial charge in [0, 0.05) is 6.54 Å². The van der Waals surface area contributed by atoms with E-state index >= 15 is 0 Å². The molecule has 1 N–H and O–H groups in total. The van der Waals surface area contributed by atoms with Gasteiger partial charge in [-0.15, -0.1) is 0 Å². The molecule has 0 aromatic rings. The highest BCUT2D eigenvalue weighted by molar-refractivity contribution is 7.81. The zero-order valence-corrected chi connectivity index (χ0v) is 5.91. The van der Waals surface area contributed by atoms with Crippen LogP contribution in [0.25, 0.3) is 0 Å². The van der Waals surface area contributed by atoms with E-state index in [9.17, 15) is 0 Å². The van der Waals surface area contributed by atoms with Crippen LogP contribution in [0.15, 0.2) is 12.2 Å². The summed E-state index contributed by atoms with van der Waals surface area (Å²) in [5, 5.41) is 3.24. The highest BCUT2D eigenvalue weighted by Gasteiger charge is 2.16. The third kappa shape index (κ3) is 1.53. The van der Waals surface area contributed by atoms with Gasteiger partial charge >= 0.3 is 0 Å². The summed E-state index contributed by atoms with van der Waals surface area (Å²) >= 11 is 4.36. The van der Waals surface area contributed by atoms with Crippen molar-refractivity contribution in [3.63, 3.8) is 0 Å². The Morgan fingerprint density at radius 2 is 2.38 bits per heavy atom. The van der Waals surface area contributed by atoms with E-state index in [2.05, 4.69) is 37.0 Å². The molecule has 1 aliphatic rings. The Morgan fingerprint density at radius 3 is 2.62 bits per heavy atom. The fraction of sp³-hybridized carbons (Fsp3) is 0.667. The largest absolute Gasteiger partial charge is 0.299 e. The van der Waals surface area contributed by atoms with Crippen LogP contribution in [0.1, 0.15) is 13.3 Å². The molecule has 0 radical (unpaired) electrons. The van der Waals surface area contributed by atoms with E-state index < -0.39 is 0 Å². The molecule has 0 saturated carbocycles. The minimum atomic E-state index is 0.0365. The van der Waals surface area contributed by atoms with E-state index in [0.717, 1.165) is 13.0 Å². The summed E-state index contributed by atoms with van der Waals surface area (Å²) in [6.45, 7) is 3.04. The van der Waals surface area contributed by atoms with Gasteiger partial charge in [-0.1, -0.05) is 12.2 Å². The van der Waals surface area contributed by atoms with Crippen molar-refractivity contribution < 1.29 is 0 Å². The first kappa shape index (κ1) is 6.17. The van der Waals surface area contributed by atoms with E-state index in [1.807, 2.05) is 0 Å². The van der Waals surface area contributed by atoms with Crippen LogP contribution in [0.4, 0.5) is 0 Å². The molecule has 0 saturated heterocycles. The Labute approximate surface area is 55.6 Å². The van der Waals surface area contributed by atoms with Crippen LogP contribution in [-0.4, -0.2) is 11.4 Å². The number of hydrogen-bond acceptors (Lipinski definition) is 2. The highest BCUT2D eigenvalue weighted by Crippen LogP contribution is 2.16. The minimum Gasteiger partial charge on any atom is -0.299 e. The van der Waals surface area contributed by atoms with Crippen molar-refractivity contribution in [1.82, 2.24) is 5.32 Å². The van der Waals surface area contributed by atoms with Gasteiger partial charge in [0.2, 0.25) is 0 Å². The van der Waals surface area contributed by atoms with Gasteiger partial charge in [0.25, 0.3) is 0 Å². The maximum atomic E-state index is 4.36. The minimum absolute atomic E-state index is 0.0365. The Morgan fingerprint density at radius 1 is 1.62 bits per heavy atom. The predicted octanol–water partition coefficient (Wildman–Crippen LogP) is 1.18. The summed E-state index contributed by atoms with van der Waals surface area (Å²) in [7, 11) is 0. The van der Waals surface area contributed by atoms with Crippen molar-refractivity contribution in [2.24, 2.45) is 0 Å². The zero-order valence-electron chi connectivity index (χ0n) is 5.02. The lowest BCUT2D eigenvalue weighted by atomic mass is 10.1. The second-order valence-electron chi connectivity index (χ2n) is 2.33. The molecule has 0 aromatic carbocycles. The van der Waals surface area contributed by atoms with Gasteiger partial charge in [-0.05, 0) is 13.3 Å². The summed E-state index contributed by atoms with van der Waals surface area (Å²) in [5.41, 5.74) is 0. The Bertz CT molecular complexity index is 107. The molecule has 0 aromatic heterocycles. The first-order valence-electron chi connectivity index (χ1n) is 2.83. The lowest BCUT2D eigenvalue weighted by Crippen LogP contribution is -2.38. The summed E-state index contributed by atoms with van der Waals surface area (Å²) in [6, 6.07) is 0. The van der Waals surface area contributed by atoms with Crippen molar-refractivity contribution in [3.8, 4) is 0 Å². The van der Waals surface area contributed by atoms with Crippen LogP contribution in [0.3, 0.4) is 0 Å². The maximum Gasteiger partial charge on any atom is 0.0624 e. The van der Waals surface area contributed by atoms with Crippen LogP contribution in [-0.2, 0) is 0 Å². The van der Waals surface area contributed by atoms with Crippen molar-refractivity contribution in [3.05, 3.63) is 12.2 Å². The molecular formula is C6H11NS. The number of thiol groups is 1. The lowest BCUT2D eigenvalue weighted by Gasteiger charge is -2.25. The Balaban J connectivity index is 2.50. The van der Waals surface area contributed by atoms with Crippen molar-refractivity contribution in [1.29, 1.82) is 0 Å². The van der Waals surface area contributed by atoms with Crippen LogP contribution >= 0.6 is 12.6 Å². The van der Waals surface area contributed by atoms with Gasteiger partial charge in [0.05, 0.1) is 4.87 Å². The van der Waals surface area contributed by atoms with E-state index in [4.69, 9.17) is 0 Å². The van der Waals surface area contributed by atoms with Crippen LogP contribution in [0.2, 0.25) is 0 Å². The van der Waals surface area contributed by atoms with Gasteiger partial charge in [0.1, 0.15) is 0 Å². The topological polar surface area (TPSA) is 12.0 Å². The molecule has 2 heteroatoms. The average Bonchev–Trinajstić information content (AvgIpc) is 1.65. The fourth-order valence-electron chi connectivity index (χ4n) is 0.747. The van der Waals surface area contributed by atoms with Gasteiger partial charge in [0.15, 0.2) is 0 Å². The molecule has 1 nitrogen and oxygen atoms in total. The normalized spacial score (nSPS) is 37.8. The molecule has 1 atom stereocenters. The van der Waals surface area contributed by atoms with Gasteiger partial charge in [-0.3, -0.25) is 5.32 Å². The van der Waals surface area contributed by atoms with Crippen LogP contribution < -0.4 is 5.32 Å². The van der Waals surface area contributed by atoms with Crippen molar-refractivity contribution in [2.45, 2.75) is 18.2 Å². The van der Waals surface area contributed by atoms with E-state index in [0.29, 0.717) is 0 Å². The van der Waals surface area contributed by atoms with E-state index in [1.165, 1.54) is 0 Å². The summed E-state index contributed by atoms with van der Waals surface area (Å²) in [5.74, 6) is 0. The molecule has 1 unspecified atom stereocenters. The second kappa shape index (κ2) is 2.11. The number of hydrogen-bond donors (Lipinski definition) is 2. The Kier molecular flexibility index (Phi) is 1.63. The molecular weight excluding hydrogens is 118 g/mol. The summed E-state index contributed by atoms with van der Waals surface area (Å²) in [6.07, 6.45) is 5.30. The fourth-order valence-corrected chi connectivity index (χ4v) is 0.944. The first-order chi connectivity index (χ1) is 3.71. The second-order valence-corrected chi connectivity index (χ2v) is 3.32. The third-order valence-electron chi connectivity index (χ3n) is 1.28. The van der Waals surface area contributed by atoms with E-state index in [1.54, 1.807) is 0 Å². The van der Waals surface area contributed by atoms with Crippen molar-refractivity contribution in [2.75, 3.05) is 6.54 Å². The maximum absolute atomic E-state index is 4.36. The van der Waals surface area contributed by atoms with E-state index in [-0.39, 0.29) is 4.87 Å². The summed E-state index contributed by atoms with van der Waals surface area (Å²) in [4.78, 5) is 0.0365. The Hall–Kier alpha value is 0.0500. The zero-order chi connectivity index (χ0) is 6.04. The van der Waals surface area contributed by atoms with Crippen LogP contribution in [0.5, 0.6) is 0 Å². The number of rotatable bonds is 0. The predicted molar refractivity (Wildman–Crippen MR) is 39.2 cm³/mol. The molecule has 8 heavy (non-hydrogen) atoms. The molecule has 0 fully saturated rings. The molecule has 1 heterocycles. The molecule has 1 rings (SSSR count). The third-order valence-corrected chi connectivity index (χ3v) is 1.62. The first-order valence-corrected chi connectivity index (χ1v) is 3.28. The van der Waals surface area contributed by atoms with Gasteiger partial charge in [-0.25, -0.2) is 0 Å². The smallest absolute Gasteiger partial charge is 0.0624 e. The quantitative estimate of drug-likeness (QED) is 0.370.